The second kappa shape index (κ2) is 4.52. The first-order chi connectivity index (χ1) is 5.74. The molecule has 0 saturated carbocycles. The van der Waals surface area contributed by atoms with E-state index in [9.17, 15) is 0 Å². The van der Waals surface area contributed by atoms with Gasteiger partial charge in [-0.25, -0.2) is 0 Å². The minimum Gasteiger partial charge on any atom is -0.312 e. The van der Waals surface area contributed by atoms with Gasteiger partial charge in [-0.3, -0.25) is 0 Å². The molecule has 3 nitrogen and oxygen atoms in total. The SMILES string of the molecule is CNC(CC(C)C)c1csnn1. The first kappa shape index (κ1) is 9.61. The molecular formula is C8H15N3S. The highest BCUT2D eigenvalue weighted by molar-refractivity contribution is 7.03. The van der Waals surface area contributed by atoms with Crippen molar-refractivity contribution in [3.8, 4) is 0 Å². The molecule has 68 valence electrons. The Morgan fingerprint density at radius 3 is 2.75 bits per heavy atom. The van der Waals surface area contributed by atoms with Crippen LogP contribution in [-0.2, 0) is 0 Å². The Balaban J connectivity index is 2.57. The van der Waals surface area contributed by atoms with E-state index in [4.69, 9.17) is 0 Å². The van der Waals surface area contributed by atoms with Gasteiger partial charge < -0.3 is 5.32 Å². The molecule has 0 aliphatic heterocycles. The van der Waals surface area contributed by atoms with E-state index in [0.717, 1.165) is 12.1 Å². The molecule has 0 amide bonds. The van der Waals surface area contributed by atoms with Gasteiger partial charge in [0.1, 0.15) is 0 Å². The summed E-state index contributed by atoms with van der Waals surface area (Å²) in [6.45, 7) is 4.42. The minimum atomic E-state index is 0.365. The molecule has 1 unspecified atom stereocenters. The Labute approximate surface area is 77.4 Å². The van der Waals surface area contributed by atoms with Crippen LogP contribution in [0.25, 0.3) is 0 Å². The van der Waals surface area contributed by atoms with Gasteiger partial charge in [0.25, 0.3) is 0 Å². The van der Waals surface area contributed by atoms with E-state index in [-0.39, 0.29) is 0 Å². The lowest BCUT2D eigenvalue weighted by atomic mass is 10.0. The predicted octanol–water partition coefficient (Wildman–Crippen LogP) is 1.84. The molecule has 1 heterocycles. The van der Waals surface area contributed by atoms with Crippen LogP contribution in [0.15, 0.2) is 5.38 Å². The van der Waals surface area contributed by atoms with Crippen molar-refractivity contribution in [2.45, 2.75) is 26.3 Å². The van der Waals surface area contributed by atoms with Crippen molar-refractivity contribution in [1.29, 1.82) is 0 Å². The zero-order valence-corrected chi connectivity index (χ0v) is 8.56. The van der Waals surface area contributed by atoms with E-state index in [0.29, 0.717) is 12.0 Å². The zero-order valence-electron chi connectivity index (χ0n) is 7.74. The summed E-state index contributed by atoms with van der Waals surface area (Å²) >= 11 is 1.41. The predicted molar refractivity (Wildman–Crippen MR) is 51.2 cm³/mol. The van der Waals surface area contributed by atoms with Crippen molar-refractivity contribution in [2.75, 3.05) is 7.05 Å². The van der Waals surface area contributed by atoms with E-state index in [2.05, 4.69) is 28.8 Å². The Kier molecular flexibility index (Phi) is 3.62. The third-order valence-corrected chi connectivity index (χ3v) is 2.31. The fourth-order valence-corrected chi connectivity index (χ4v) is 1.69. The van der Waals surface area contributed by atoms with Gasteiger partial charge >= 0.3 is 0 Å². The summed E-state index contributed by atoms with van der Waals surface area (Å²) in [5.74, 6) is 0.684. The molecule has 0 radical (unpaired) electrons. The maximum atomic E-state index is 4.05. The smallest absolute Gasteiger partial charge is 0.0924 e. The van der Waals surface area contributed by atoms with Crippen molar-refractivity contribution in [2.24, 2.45) is 5.92 Å². The van der Waals surface area contributed by atoms with E-state index < -0.39 is 0 Å². The van der Waals surface area contributed by atoms with Gasteiger partial charge in [-0.1, -0.05) is 18.3 Å². The maximum Gasteiger partial charge on any atom is 0.0924 e. The Morgan fingerprint density at radius 1 is 1.58 bits per heavy atom. The standard InChI is InChI=1S/C8H15N3S/c1-6(2)4-7(9-3)8-5-12-11-10-8/h5-7,9H,4H2,1-3H3. The number of nitrogens with zero attached hydrogens (tertiary/aromatic N) is 2. The number of hydrogen-bond acceptors (Lipinski definition) is 4. The topological polar surface area (TPSA) is 37.8 Å². The molecule has 1 aromatic heterocycles. The van der Waals surface area contributed by atoms with Crippen LogP contribution in [0.3, 0.4) is 0 Å². The largest absolute Gasteiger partial charge is 0.312 e. The third kappa shape index (κ3) is 2.53. The summed E-state index contributed by atoms with van der Waals surface area (Å²) < 4.78 is 3.85. The third-order valence-electron chi connectivity index (χ3n) is 1.79. The summed E-state index contributed by atoms with van der Waals surface area (Å²) in [5.41, 5.74) is 1.07. The Morgan fingerprint density at radius 2 is 2.33 bits per heavy atom. The number of aromatic nitrogens is 2. The zero-order chi connectivity index (χ0) is 8.97. The van der Waals surface area contributed by atoms with E-state index in [1.807, 2.05) is 12.4 Å². The van der Waals surface area contributed by atoms with Gasteiger partial charge in [-0.05, 0) is 30.9 Å². The molecule has 4 heteroatoms. The van der Waals surface area contributed by atoms with Gasteiger partial charge in [0.05, 0.1) is 11.7 Å². The van der Waals surface area contributed by atoms with Gasteiger partial charge in [-0.2, -0.15) is 0 Å². The summed E-state index contributed by atoms with van der Waals surface area (Å²) in [6.07, 6.45) is 1.11. The molecule has 0 fully saturated rings. The second-order valence-corrected chi connectivity index (χ2v) is 3.91. The number of rotatable bonds is 4. The molecule has 12 heavy (non-hydrogen) atoms. The molecule has 0 spiro atoms. The van der Waals surface area contributed by atoms with Gasteiger partial charge in [0.15, 0.2) is 0 Å². The second-order valence-electron chi connectivity index (χ2n) is 3.30. The van der Waals surface area contributed by atoms with E-state index in [1.54, 1.807) is 0 Å². The highest BCUT2D eigenvalue weighted by Gasteiger charge is 2.12. The molecule has 0 aromatic carbocycles. The summed E-state index contributed by atoms with van der Waals surface area (Å²) in [7, 11) is 1.96. The van der Waals surface area contributed by atoms with Crippen LogP contribution in [0.1, 0.15) is 32.0 Å². The van der Waals surface area contributed by atoms with Crippen molar-refractivity contribution >= 4 is 11.5 Å². The first-order valence-electron chi connectivity index (χ1n) is 4.18. The van der Waals surface area contributed by atoms with Crippen LogP contribution in [0.4, 0.5) is 0 Å². The van der Waals surface area contributed by atoms with Crippen LogP contribution < -0.4 is 5.32 Å². The van der Waals surface area contributed by atoms with Crippen molar-refractivity contribution in [1.82, 2.24) is 14.9 Å². The fraction of sp³-hybridized carbons (Fsp3) is 0.750. The molecule has 0 saturated heterocycles. The number of nitrogens with one attached hydrogen (secondary N) is 1. The highest BCUT2D eigenvalue weighted by atomic mass is 32.1. The molecule has 1 atom stereocenters. The first-order valence-corrected chi connectivity index (χ1v) is 5.02. The number of hydrogen-bond donors (Lipinski definition) is 1. The molecule has 1 rings (SSSR count). The quantitative estimate of drug-likeness (QED) is 0.778. The summed E-state index contributed by atoms with van der Waals surface area (Å²) in [6, 6.07) is 0.365. The van der Waals surface area contributed by atoms with Crippen molar-refractivity contribution in [3.05, 3.63) is 11.1 Å². The van der Waals surface area contributed by atoms with Crippen LogP contribution in [0.2, 0.25) is 0 Å². The molecule has 1 aromatic rings. The van der Waals surface area contributed by atoms with Crippen molar-refractivity contribution in [3.63, 3.8) is 0 Å². The van der Waals surface area contributed by atoms with Gasteiger partial charge in [0, 0.05) is 5.38 Å². The highest BCUT2D eigenvalue weighted by Crippen LogP contribution is 2.19. The van der Waals surface area contributed by atoms with E-state index in [1.165, 1.54) is 11.5 Å². The van der Waals surface area contributed by atoms with Crippen molar-refractivity contribution < 1.29 is 0 Å². The average Bonchev–Trinajstić information content (AvgIpc) is 2.51. The lowest BCUT2D eigenvalue weighted by Crippen LogP contribution is -2.18. The fourth-order valence-electron chi connectivity index (χ4n) is 1.18. The van der Waals surface area contributed by atoms with Crippen LogP contribution in [0.5, 0.6) is 0 Å². The molecule has 0 aliphatic carbocycles. The Bertz CT molecular complexity index is 208. The Hall–Kier alpha value is -0.480. The summed E-state index contributed by atoms with van der Waals surface area (Å²) in [5, 5.41) is 9.29. The van der Waals surface area contributed by atoms with Gasteiger partial charge in [-0.15, -0.1) is 5.10 Å². The lowest BCUT2D eigenvalue weighted by molar-refractivity contribution is 0.448. The van der Waals surface area contributed by atoms with E-state index >= 15 is 0 Å². The molecule has 0 aliphatic rings. The molecule has 0 bridgehead atoms. The van der Waals surface area contributed by atoms with Crippen LogP contribution >= 0.6 is 11.5 Å². The average molecular weight is 185 g/mol. The summed E-state index contributed by atoms with van der Waals surface area (Å²) in [4.78, 5) is 0. The maximum absolute atomic E-state index is 4.05. The van der Waals surface area contributed by atoms with Crippen LogP contribution in [0, 0.1) is 5.92 Å². The van der Waals surface area contributed by atoms with Gasteiger partial charge in [0.2, 0.25) is 0 Å². The lowest BCUT2D eigenvalue weighted by Gasteiger charge is -2.14. The molecular weight excluding hydrogens is 170 g/mol. The minimum absolute atomic E-state index is 0.365. The normalized spacial score (nSPS) is 13.7. The van der Waals surface area contributed by atoms with Crippen LogP contribution in [-0.4, -0.2) is 16.6 Å². The molecule has 1 N–H and O–H groups in total. The monoisotopic (exact) mass is 185 g/mol.